The first kappa shape index (κ1) is 35.0. The molecule has 5 rings (SSSR count). The van der Waals surface area contributed by atoms with Crippen LogP contribution >= 0.6 is 11.8 Å². The molecular formula is C34H38N2O10S. The number of amides is 1. The number of nitrogens with zero attached hydrogens (tertiary/aromatic N) is 2. The predicted molar refractivity (Wildman–Crippen MR) is 176 cm³/mol. The second kappa shape index (κ2) is 17.2. The zero-order valence-electron chi connectivity index (χ0n) is 26.4. The molecule has 0 bridgehead atoms. The van der Waals surface area contributed by atoms with Gasteiger partial charge in [-0.2, -0.15) is 0 Å². The number of hydrogen-bond donors (Lipinski definition) is 2. The van der Waals surface area contributed by atoms with Crippen LogP contribution in [0.15, 0.2) is 77.7 Å². The fraction of sp³-hybridized carbons (Fsp3) is 0.324. The van der Waals surface area contributed by atoms with E-state index in [4.69, 9.17) is 33.9 Å². The van der Waals surface area contributed by atoms with Crippen molar-refractivity contribution in [2.45, 2.75) is 23.0 Å². The first-order chi connectivity index (χ1) is 22.7. The average molecular weight is 667 g/mol. The minimum atomic E-state index is -1.26. The topological polar surface area (TPSA) is 144 Å². The quantitative estimate of drug-likeness (QED) is 0.174. The first-order valence-corrected chi connectivity index (χ1v) is 15.7. The number of thioether (sulfide) groups is 1. The van der Waals surface area contributed by atoms with Gasteiger partial charge in [-0.3, -0.25) is 4.79 Å². The summed E-state index contributed by atoms with van der Waals surface area (Å²) in [6.07, 6.45) is 2.96. The van der Waals surface area contributed by atoms with Gasteiger partial charge in [0.25, 0.3) is 0 Å². The summed E-state index contributed by atoms with van der Waals surface area (Å²) in [6.45, 7) is 3.11. The Balaban J connectivity index is 0.000000555. The Labute approximate surface area is 277 Å². The zero-order valence-corrected chi connectivity index (χ0v) is 27.2. The molecule has 2 aliphatic rings. The number of rotatable bonds is 14. The van der Waals surface area contributed by atoms with Gasteiger partial charge in [0.15, 0.2) is 23.0 Å². The number of hydrogen-bond acceptors (Lipinski definition) is 10. The summed E-state index contributed by atoms with van der Waals surface area (Å²) in [5.41, 5.74) is 1.77. The first-order valence-electron chi connectivity index (χ1n) is 14.9. The average Bonchev–Trinajstić information content (AvgIpc) is 3.54. The maximum absolute atomic E-state index is 13.3. The minimum absolute atomic E-state index is 0.0291. The highest BCUT2D eigenvalue weighted by molar-refractivity contribution is 8.00. The number of para-hydroxylation sites is 2. The van der Waals surface area contributed by atoms with Gasteiger partial charge >= 0.3 is 11.9 Å². The lowest BCUT2D eigenvalue weighted by molar-refractivity contribution is -0.134. The van der Waals surface area contributed by atoms with Crippen molar-refractivity contribution in [3.8, 4) is 28.7 Å². The minimum Gasteiger partial charge on any atom is -0.493 e. The number of fused-ring (bicyclic) bond motifs is 2. The lowest BCUT2D eigenvalue weighted by Gasteiger charge is -2.32. The predicted octanol–water partition coefficient (Wildman–Crippen LogP) is 5.12. The van der Waals surface area contributed by atoms with Crippen molar-refractivity contribution in [3.05, 3.63) is 78.4 Å². The molecule has 2 N–H and O–H groups in total. The largest absolute Gasteiger partial charge is 0.493 e. The van der Waals surface area contributed by atoms with Crippen LogP contribution in [0.4, 0.5) is 5.69 Å². The lowest BCUT2D eigenvalue weighted by atomic mass is 10.1. The Morgan fingerprint density at radius 3 is 2.45 bits per heavy atom. The SMILES string of the molecule is COc1cccc([C@@H]2Sc3ccccc3N(C)C2=O)c1OCCCCN(C)CCOc1ccc2c(c1)OCO2.O=C(O)/C=C/C(=O)O. The molecule has 0 unspecified atom stereocenters. The highest BCUT2D eigenvalue weighted by atomic mass is 32.2. The van der Waals surface area contributed by atoms with Gasteiger partial charge in [-0.25, -0.2) is 9.59 Å². The molecule has 2 heterocycles. The molecule has 0 saturated heterocycles. The van der Waals surface area contributed by atoms with E-state index in [9.17, 15) is 14.4 Å². The number of carboxylic acid groups (broad SMARTS) is 2. The van der Waals surface area contributed by atoms with Crippen molar-refractivity contribution in [1.82, 2.24) is 4.90 Å². The van der Waals surface area contributed by atoms with Gasteiger partial charge in [0, 0.05) is 42.3 Å². The van der Waals surface area contributed by atoms with Crippen molar-refractivity contribution < 1.29 is 48.3 Å². The number of ether oxygens (including phenoxy) is 5. The van der Waals surface area contributed by atoms with Crippen LogP contribution in [-0.2, 0) is 14.4 Å². The third kappa shape index (κ3) is 9.80. The Bertz CT molecular complexity index is 1560. The van der Waals surface area contributed by atoms with Crippen LogP contribution in [0.2, 0.25) is 0 Å². The molecule has 1 amide bonds. The number of anilines is 1. The fourth-order valence-electron chi connectivity index (χ4n) is 4.76. The van der Waals surface area contributed by atoms with Crippen LogP contribution in [0, 0.1) is 0 Å². The monoisotopic (exact) mass is 666 g/mol. The van der Waals surface area contributed by atoms with Crippen LogP contribution < -0.4 is 28.6 Å². The summed E-state index contributed by atoms with van der Waals surface area (Å²) >= 11 is 1.56. The maximum atomic E-state index is 13.3. The number of aliphatic carboxylic acids is 2. The van der Waals surface area contributed by atoms with Crippen molar-refractivity contribution >= 4 is 35.3 Å². The van der Waals surface area contributed by atoms with Crippen molar-refractivity contribution in [2.24, 2.45) is 0 Å². The Morgan fingerprint density at radius 2 is 1.70 bits per heavy atom. The third-order valence-corrected chi connectivity index (χ3v) is 8.46. The van der Waals surface area contributed by atoms with Crippen LogP contribution in [-0.4, -0.2) is 87.3 Å². The van der Waals surface area contributed by atoms with Gasteiger partial charge in [-0.15, -0.1) is 11.8 Å². The van der Waals surface area contributed by atoms with Gasteiger partial charge < -0.3 is 43.7 Å². The number of carbonyl (C=O) groups excluding carboxylic acids is 1. The number of unbranched alkanes of at least 4 members (excludes halogenated alkanes) is 1. The molecule has 0 spiro atoms. The molecule has 1 atom stereocenters. The molecule has 3 aromatic carbocycles. The van der Waals surface area contributed by atoms with E-state index in [1.54, 1.807) is 23.8 Å². The molecule has 0 saturated carbocycles. The summed E-state index contributed by atoms with van der Waals surface area (Å²) in [6, 6.07) is 19.3. The number of carbonyl (C=O) groups is 3. The highest BCUT2D eigenvalue weighted by Gasteiger charge is 2.35. The molecular weight excluding hydrogens is 628 g/mol. The number of carboxylic acids is 2. The van der Waals surface area contributed by atoms with Crippen LogP contribution in [0.3, 0.4) is 0 Å². The van der Waals surface area contributed by atoms with E-state index in [1.165, 1.54) is 0 Å². The van der Waals surface area contributed by atoms with E-state index in [0.29, 0.717) is 36.9 Å². The summed E-state index contributed by atoms with van der Waals surface area (Å²) in [5.74, 6) is 1.05. The molecule has 2 aliphatic heterocycles. The van der Waals surface area contributed by atoms with Gasteiger partial charge in [0.05, 0.1) is 19.4 Å². The van der Waals surface area contributed by atoms with E-state index in [-0.39, 0.29) is 12.7 Å². The Hall–Kier alpha value is -4.88. The second-order valence-electron chi connectivity index (χ2n) is 10.5. The van der Waals surface area contributed by atoms with Crippen LogP contribution in [0.25, 0.3) is 0 Å². The van der Waals surface area contributed by atoms with Crippen molar-refractivity contribution in [3.63, 3.8) is 0 Å². The molecule has 0 aromatic heterocycles. The zero-order chi connectivity index (χ0) is 33.8. The Kier molecular flexibility index (Phi) is 12.8. The maximum Gasteiger partial charge on any atom is 0.328 e. The molecule has 13 heteroatoms. The molecule has 0 fully saturated rings. The van der Waals surface area contributed by atoms with E-state index in [2.05, 4.69) is 11.9 Å². The fourth-order valence-corrected chi connectivity index (χ4v) is 6.06. The summed E-state index contributed by atoms with van der Waals surface area (Å²) in [4.78, 5) is 37.4. The Morgan fingerprint density at radius 1 is 0.957 bits per heavy atom. The van der Waals surface area contributed by atoms with Gasteiger partial charge in [0.1, 0.15) is 17.6 Å². The molecule has 0 aliphatic carbocycles. The van der Waals surface area contributed by atoms with Gasteiger partial charge in [-0.05, 0) is 56.8 Å². The molecule has 12 nitrogen and oxygen atoms in total. The smallest absolute Gasteiger partial charge is 0.328 e. The van der Waals surface area contributed by atoms with Crippen molar-refractivity contribution in [1.29, 1.82) is 0 Å². The lowest BCUT2D eigenvalue weighted by Crippen LogP contribution is -2.33. The van der Waals surface area contributed by atoms with E-state index < -0.39 is 17.2 Å². The van der Waals surface area contributed by atoms with E-state index in [0.717, 1.165) is 59.3 Å². The second-order valence-corrected chi connectivity index (χ2v) is 11.6. The third-order valence-electron chi connectivity index (χ3n) is 7.17. The number of likely N-dealkylation sites (N-methyl/N-ethyl adjacent to an activating group) is 2. The van der Waals surface area contributed by atoms with E-state index >= 15 is 0 Å². The van der Waals surface area contributed by atoms with Crippen molar-refractivity contribution in [2.75, 3.05) is 59.2 Å². The number of benzene rings is 3. The molecule has 3 aromatic rings. The standard InChI is InChI=1S/C30H34N2O6S.C4H4O4/c1-31(16-18-35-21-13-14-24-26(19-21)38-20-37-24)15-6-7-17-36-28-22(9-8-11-25(28)34-3)29-30(33)32(2)23-10-4-5-12-27(23)39-29;5-3(6)1-2-4(7)8/h4-5,8-14,19,29H,6-7,15-18,20H2,1-3H3;1-2H,(H,5,6)(H,7,8)/b;2-1+/t29-;/m0./s1. The van der Waals surface area contributed by atoms with Crippen LogP contribution in [0.5, 0.6) is 28.7 Å². The van der Waals surface area contributed by atoms with E-state index in [1.807, 2.05) is 67.7 Å². The van der Waals surface area contributed by atoms with Gasteiger partial charge in [0.2, 0.25) is 12.7 Å². The number of methoxy groups -OCH3 is 1. The molecule has 47 heavy (non-hydrogen) atoms. The molecule has 250 valence electrons. The highest BCUT2D eigenvalue weighted by Crippen LogP contribution is 2.49. The van der Waals surface area contributed by atoms with Crippen LogP contribution in [0.1, 0.15) is 23.7 Å². The molecule has 0 radical (unpaired) electrons. The summed E-state index contributed by atoms with van der Waals surface area (Å²) in [5, 5.41) is 15.2. The normalized spacial score (nSPS) is 14.8. The summed E-state index contributed by atoms with van der Waals surface area (Å²) in [7, 11) is 5.54. The van der Waals surface area contributed by atoms with Gasteiger partial charge in [-0.1, -0.05) is 24.3 Å². The summed E-state index contributed by atoms with van der Waals surface area (Å²) < 4.78 is 28.5.